The molecule has 0 aliphatic heterocycles. The normalized spacial score (nSPS) is 16.4. The zero-order valence-corrected chi connectivity index (χ0v) is 22.9. The minimum atomic E-state index is -1.33. The van der Waals surface area contributed by atoms with E-state index in [-0.39, 0.29) is 5.78 Å². The van der Waals surface area contributed by atoms with Crippen molar-refractivity contribution in [2.75, 3.05) is 12.1 Å². The maximum absolute atomic E-state index is 13.5. The Morgan fingerprint density at radius 2 is 1.71 bits per heavy atom. The summed E-state index contributed by atoms with van der Waals surface area (Å²) >= 11 is 6.11. The van der Waals surface area contributed by atoms with Crippen LogP contribution in [0.1, 0.15) is 35.3 Å². The first-order valence-electron chi connectivity index (χ1n) is 12.2. The zero-order chi connectivity index (χ0) is 25.0. The van der Waals surface area contributed by atoms with E-state index in [4.69, 9.17) is 16.3 Å². The summed E-state index contributed by atoms with van der Waals surface area (Å²) in [6.07, 6.45) is 2.83. The topological polar surface area (TPSA) is 31.2 Å². The molecule has 0 atom stereocenters. The second kappa shape index (κ2) is 8.68. The molecule has 0 saturated heterocycles. The van der Waals surface area contributed by atoms with Crippen LogP contribution in [0.4, 0.5) is 0 Å². The van der Waals surface area contributed by atoms with Crippen LogP contribution >= 0.6 is 11.6 Å². The number of carbonyl (C=O) groups is 1. The third kappa shape index (κ3) is 4.23. The van der Waals surface area contributed by atoms with Gasteiger partial charge in [-0.3, -0.25) is 4.79 Å². The van der Waals surface area contributed by atoms with E-state index in [0.717, 1.165) is 40.8 Å². The van der Waals surface area contributed by atoms with Gasteiger partial charge in [-0.2, -0.15) is 0 Å². The highest BCUT2D eigenvalue weighted by Crippen LogP contribution is 2.45. The van der Waals surface area contributed by atoms with Crippen LogP contribution in [-0.4, -0.2) is 30.5 Å². The number of nitrogens with zero attached hydrogens (tertiary/aromatic N) is 1. The molecule has 0 fully saturated rings. The molecule has 3 aromatic carbocycles. The lowest BCUT2D eigenvalue weighted by Gasteiger charge is -2.22. The van der Waals surface area contributed by atoms with Crippen LogP contribution in [0.5, 0.6) is 5.75 Å². The number of halogens is 1. The average Bonchev–Trinajstić information content (AvgIpc) is 3.22. The number of allylic oxidation sites excluding steroid dienone is 1. The highest BCUT2D eigenvalue weighted by atomic mass is 35.5. The fourth-order valence-electron chi connectivity index (χ4n) is 5.10. The van der Waals surface area contributed by atoms with Crippen molar-refractivity contribution in [3.05, 3.63) is 82.9 Å². The first-order valence-corrected chi connectivity index (χ1v) is 16.5. The molecule has 35 heavy (non-hydrogen) atoms. The molecular weight excluding hydrogens is 470 g/mol. The van der Waals surface area contributed by atoms with Crippen molar-refractivity contribution in [2.45, 2.75) is 45.4 Å². The van der Waals surface area contributed by atoms with E-state index in [9.17, 15) is 4.79 Å². The van der Waals surface area contributed by atoms with Crippen molar-refractivity contribution in [1.82, 2.24) is 4.57 Å². The summed E-state index contributed by atoms with van der Waals surface area (Å²) in [5.41, 5.74) is 5.63. The second-order valence-electron chi connectivity index (χ2n) is 11.2. The SMILES string of the molecule is CC1(C)/C(=C/c2ccc3c(c2)c2ccccc2n3CCCl)C(=O)c2ccc(OC[Si](C)(C)C)cc21. The molecule has 180 valence electrons. The molecule has 0 radical (unpaired) electrons. The van der Waals surface area contributed by atoms with Crippen LogP contribution in [0.3, 0.4) is 0 Å². The molecule has 0 bridgehead atoms. The third-order valence-corrected chi connectivity index (χ3v) is 8.09. The Kier molecular flexibility index (Phi) is 5.93. The molecule has 1 aromatic heterocycles. The van der Waals surface area contributed by atoms with Crippen molar-refractivity contribution in [3.63, 3.8) is 0 Å². The van der Waals surface area contributed by atoms with Gasteiger partial charge >= 0.3 is 0 Å². The van der Waals surface area contributed by atoms with Gasteiger partial charge in [0.25, 0.3) is 0 Å². The number of ether oxygens (including phenoxy) is 1. The van der Waals surface area contributed by atoms with Crippen molar-refractivity contribution in [2.24, 2.45) is 0 Å². The number of alkyl halides is 1. The van der Waals surface area contributed by atoms with Gasteiger partial charge in [-0.1, -0.05) is 57.8 Å². The Labute approximate surface area is 213 Å². The minimum absolute atomic E-state index is 0.103. The second-order valence-corrected chi connectivity index (χ2v) is 17.0. The highest BCUT2D eigenvalue weighted by Gasteiger charge is 2.41. The number of benzene rings is 3. The highest BCUT2D eigenvalue weighted by molar-refractivity contribution is 6.76. The number of ketones is 1. The molecule has 0 N–H and O–H groups in total. The van der Waals surface area contributed by atoms with Crippen molar-refractivity contribution in [3.8, 4) is 5.75 Å². The van der Waals surface area contributed by atoms with Gasteiger partial charge in [-0.25, -0.2) is 0 Å². The lowest BCUT2D eigenvalue weighted by Crippen LogP contribution is -2.30. The van der Waals surface area contributed by atoms with E-state index in [1.807, 2.05) is 12.1 Å². The van der Waals surface area contributed by atoms with E-state index in [1.165, 1.54) is 21.8 Å². The summed E-state index contributed by atoms with van der Waals surface area (Å²) in [6.45, 7) is 11.9. The number of hydrogen-bond donors (Lipinski definition) is 0. The summed E-state index contributed by atoms with van der Waals surface area (Å²) in [5, 5.41) is 2.39. The van der Waals surface area contributed by atoms with E-state index in [1.54, 1.807) is 0 Å². The summed E-state index contributed by atoms with van der Waals surface area (Å²) in [5.74, 6) is 1.51. The Bertz CT molecular complexity index is 1490. The van der Waals surface area contributed by atoms with Gasteiger partial charge in [0.1, 0.15) is 5.75 Å². The van der Waals surface area contributed by atoms with Crippen LogP contribution in [-0.2, 0) is 12.0 Å². The van der Waals surface area contributed by atoms with Crippen molar-refractivity contribution >= 4 is 53.3 Å². The molecule has 3 nitrogen and oxygen atoms in total. The van der Waals surface area contributed by atoms with Crippen LogP contribution in [0.2, 0.25) is 19.6 Å². The Morgan fingerprint density at radius 3 is 2.46 bits per heavy atom. The number of para-hydroxylation sites is 1. The molecule has 0 amide bonds. The molecule has 0 spiro atoms. The fraction of sp³-hybridized carbons (Fsp3) is 0.300. The number of rotatable bonds is 6. The van der Waals surface area contributed by atoms with Crippen LogP contribution in [0.25, 0.3) is 27.9 Å². The number of fused-ring (bicyclic) bond motifs is 4. The van der Waals surface area contributed by atoms with E-state index in [2.05, 4.69) is 92.7 Å². The smallest absolute Gasteiger partial charge is 0.190 e. The third-order valence-electron chi connectivity index (χ3n) is 6.91. The fourth-order valence-corrected chi connectivity index (χ4v) is 5.87. The summed E-state index contributed by atoms with van der Waals surface area (Å²) in [7, 11) is -1.33. The van der Waals surface area contributed by atoms with Gasteiger partial charge in [0.15, 0.2) is 5.78 Å². The summed E-state index contributed by atoms with van der Waals surface area (Å²) in [6, 6.07) is 20.8. The lowest BCUT2D eigenvalue weighted by molar-refractivity contribution is 0.103. The molecule has 5 heteroatoms. The standard InChI is InChI=1S/C30H32ClNO2Si/c1-30(2)25-18-21(34-19-35(3,4)5)11-12-23(25)29(33)26(30)17-20-10-13-28-24(16-20)22-8-6-7-9-27(22)32(28)15-14-31/h6-13,16-18H,14-15,19H2,1-5H3/b26-17+. The molecule has 5 rings (SSSR count). The molecular formula is C30H32ClNO2Si. The largest absolute Gasteiger partial charge is 0.497 e. The molecule has 4 aromatic rings. The number of aryl methyl sites for hydroxylation is 1. The Balaban J connectivity index is 1.56. The number of Topliss-reactive ketones (excluding diaryl/α,β-unsaturated/α-hetero) is 1. The van der Waals surface area contributed by atoms with Crippen molar-refractivity contribution in [1.29, 1.82) is 0 Å². The molecule has 1 aliphatic carbocycles. The Hall–Kier alpha value is -2.82. The first kappa shape index (κ1) is 23.9. The number of hydrogen-bond acceptors (Lipinski definition) is 2. The Morgan fingerprint density at radius 1 is 0.971 bits per heavy atom. The maximum Gasteiger partial charge on any atom is 0.190 e. The van der Waals surface area contributed by atoms with Crippen molar-refractivity contribution < 1.29 is 9.53 Å². The summed E-state index contributed by atoms with van der Waals surface area (Å²) in [4.78, 5) is 13.5. The van der Waals surface area contributed by atoms with Gasteiger partial charge in [-0.15, -0.1) is 11.6 Å². The van der Waals surface area contributed by atoms with Crippen LogP contribution < -0.4 is 4.74 Å². The zero-order valence-electron chi connectivity index (χ0n) is 21.1. The molecule has 1 aliphatic rings. The molecule has 1 heterocycles. The van der Waals surface area contributed by atoms with Gasteiger partial charge < -0.3 is 9.30 Å². The van der Waals surface area contributed by atoms with E-state index < -0.39 is 13.5 Å². The monoisotopic (exact) mass is 501 g/mol. The van der Waals surface area contributed by atoms with Crippen LogP contribution in [0.15, 0.2) is 66.2 Å². The van der Waals surface area contributed by atoms with E-state index in [0.29, 0.717) is 5.88 Å². The maximum atomic E-state index is 13.5. The number of carbonyl (C=O) groups excluding carboxylic acids is 1. The first-order chi connectivity index (χ1) is 16.6. The predicted molar refractivity (Wildman–Crippen MR) is 151 cm³/mol. The quantitative estimate of drug-likeness (QED) is 0.153. The van der Waals surface area contributed by atoms with Crippen LogP contribution in [0, 0.1) is 0 Å². The van der Waals surface area contributed by atoms with E-state index >= 15 is 0 Å². The average molecular weight is 502 g/mol. The molecule has 0 unspecified atom stereocenters. The van der Waals surface area contributed by atoms with Gasteiger partial charge in [0.05, 0.1) is 14.3 Å². The number of aromatic nitrogens is 1. The predicted octanol–water partition coefficient (Wildman–Crippen LogP) is 7.85. The minimum Gasteiger partial charge on any atom is -0.497 e. The van der Waals surface area contributed by atoms with Gasteiger partial charge in [0.2, 0.25) is 0 Å². The lowest BCUT2D eigenvalue weighted by atomic mass is 9.82. The van der Waals surface area contributed by atoms with Gasteiger partial charge in [-0.05, 0) is 53.6 Å². The molecule has 0 saturated carbocycles. The van der Waals surface area contributed by atoms with Gasteiger partial charge in [0, 0.05) is 50.8 Å². The summed E-state index contributed by atoms with van der Waals surface area (Å²) < 4.78 is 8.38.